The third kappa shape index (κ3) is 3.05. The molecule has 3 N–H and O–H groups in total. The summed E-state index contributed by atoms with van der Waals surface area (Å²) in [6, 6.07) is 6.02. The molecule has 8 nitrogen and oxygen atoms in total. The van der Waals surface area contributed by atoms with E-state index in [0.29, 0.717) is 34.1 Å². The molecule has 0 unspecified atom stereocenters. The largest absolute Gasteiger partial charge is 0.478 e. The van der Waals surface area contributed by atoms with Crippen molar-refractivity contribution in [1.82, 2.24) is 9.97 Å². The summed E-state index contributed by atoms with van der Waals surface area (Å²) >= 11 is 1.34. The van der Waals surface area contributed by atoms with Crippen molar-refractivity contribution in [2.45, 2.75) is 18.0 Å². The lowest BCUT2D eigenvalue weighted by molar-refractivity contribution is -0.384. The molecule has 0 saturated heterocycles. The van der Waals surface area contributed by atoms with Crippen molar-refractivity contribution >= 4 is 29.1 Å². The molecule has 3 rings (SSSR count). The van der Waals surface area contributed by atoms with E-state index < -0.39 is 10.9 Å². The average Bonchev–Trinajstić information content (AvgIpc) is 2.60. The van der Waals surface area contributed by atoms with E-state index in [2.05, 4.69) is 9.97 Å². The molecule has 1 aromatic carbocycles. The van der Waals surface area contributed by atoms with E-state index >= 15 is 0 Å². The molecule has 0 saturated carbocycles. The molecule has 1 heterocycles. The molecule has 0 aliphatic heterocycles. The number of carboxylic acid groups (broad SMARTS) is 1. The first-order valence-corrected chi connectivity index (χ1v) is 8.57. The highest BCUT2D eigenvalue weighted by Gasteiger charge is 2.27. The Hall–Kier alpha value is -2.94. The van der Waals surface area contributed by atoms with Crippen LogP contribution in [0.2, 0.25) is 0 Å². The van der Waals surface area contributed by atoms with Crippen LogP contribution >= 0.6 is 11.8 Å². The van der Waals surface area contributed by atoms with E-state index in [1.54, 1.807) is 12.1 Å². The third-order valence-electron chi connectivity index (χ3n) is 3.94. The highest BCUT2D eigenvalue weighted by Crippen LogP contribution is 2.36. The van der Waals surface area contributed by atoms with Gasteiger partial charge in [0.25, 0.3) is 5.69 Å². The molecule has 128 valence electrons. The van der Waals surface area contributed by atoms with Gasteiger partial charge >= 0.3 is 5.97 Å². The number of thioether (sulfide) groups is 1. The van der Waals surface area contributed by atoms with E-state index in [-0.39, 0.29) is 23.4 Å². The van der Waals surface area contributed by atoms with Crippen molar-refractivity contribution < 1.29 is 14.8 Å². The third-order valence-corrected chi connectivity index (χ3v) is 4.49. The Morgan fingerprint density at radius 3 is 2.76 bits per heavy atom. The van der Waals surface area contributed by atoms with Crippen LogP contribution in [0.5, 0.6) is 0 Å². The normalized spacial score (nSPS) is 13.5. The molecular formula is C16H14N4O4S. The second kappa shape index (κ2) is 6.52. The summed E-state index contributed by atoms with van der Waals surface area (Å²) in [5.74, 6) is -1.08. The Morgan fingerprint density at radius 2 is 2.12 bits per heavy atom. The molecule has 0 radical (unpaired) electrons. The molecule has 0 bridgehead atoms. The number of nitro groups is 1. The van der Waals surface area contributed by atoms with Gasteiger partial charge in [-0.15, -0.1) is 0 Å². The predicted molar refractivity (Wildman–Crippen MR) is 93.0 cm³/mol. The van der Waals surface area contributed by atoms with Gasteiger partial charge in [0.2, 0.25) is 0 Å². The second-order valence-electron chi connectivity index (χ2n) is 5.39. The lowest BCUT2D eigenvalue weighted by atomic mass is 9.90. The first kappa shape index (κ1) is 16.9. The highest BCUT2D eigenvalue weighted by molar-refractivity contribution is 7.98. The molecule has 1 aliphatic rings. The zero-order valence-electron chi connectivity index (χ0n) is 13.2. The van der Waals surface area contributed by atoms with E-state index in [4.69, 9.17) is 5.73 Å². The first-order chi connectivity index (χ1) is 11.9. The van der Waals surface area contributed by atoms with Crippen LogP contribution in [0.25, 0.3) is 17.0 Å². The van der Waals surface area contributed by atoms with Gasteiger partial charge in [0.1, 0.15) is 0 Å². The van der Waals surface area contributed by atoms with Gasteiger partial charge in [-0.25, -0.2) is 14.8 Å². The first-order valence-electron chi connectivity index (χ1n) is 7.34. The SMILES string of the molecule is CSc1nc2c(c(-c3cccc([N+](=O)[O-])c3)n1)C(N)=C(C(=O)O)CC2. The van der Waals surface area contributed by atoms with E-state index in [1.807, 2.05) is 6.26 Å². The Kier molecular flexibility index (Phi) is 4.41. The number of nitrogens with two attached hydrogens (primary N) is 1. The molecule has 2 aromatic rings. The fourth-order valence-electron chi connectivity index (χ4n) is 2.77. The van der Waals surface area contributed by atoms with E-state index in [9.17, 15) is 20.0 Å². The topological polar surface area (TPSA) is 132 Å². The minimum atomic E-state index is -1.08. The zero-order chi connectivity index (χ0) is 18.1. The van der Waals surface area contributed by atoms with Crippen molar-refractivity contribution in [3.63, 3.8) is 0 Å². The molecular weight excluding hydrogens is 344 g/mol. The monoisotopic (exact) mass is 358 g/mol. The molecule has 1 aromatic heterocycles. The Bertz CT molecular complexity index is 926. The number of benzene rings is 1. The molecule has 1 aliphatic carbocycles. The Balaban J connectivity index is 2.29. The minimum Gasteiger partial charge on any atom is -0.478 e. The standard InChI is InChI=1S/C16H14N4O4S/c1-25-16-18-11-6-5-10(15(21)22)13(17)12(11)14(19-16)8-3-2-4-9(7-8)20(23)24/h2-4,7H,5-6,17H2,1H3,(H,21,22). The lowest BCUT2D eigenvalue weighted by Gasteiger charge is -2.21. The highest BCUT2D eigenvalue weighted by atomic mass is 32.2. The fourth-order valence-corrected chi connectivity index (χ4v) is 3.15. The number of rotatable bonds is 4. The molecule has 0 atom stereocenters. The number of hydrogen-bond donors (Lipinski definition) is 2. The summed E-state index contributed by atoms with van der Waals surface area (Å²) in [6.45, 7) is 0. The van der Waals surface area contributed by atoms with E-state index in [1.165, 1.54) is 23.9 Å². The van der Waals surface area contributed by atoms with Crippen LogP contribution in [0.1, 0.15) is 17.7 Å². The zero-order valence-corrected chi connectivity index (χ0v) is 14.0. The Labute approximate surface area is 146 Å². The van der Waals surface area contributed by atoms with Gasteiger partial charge in [-0.05, 0) is 19.1 Å². The number of carbonyl (C=O) groups is 1. The maximum atomic E-state index is 11.4. The van der Waals surface area contributed by atoms with Crippen molar-refractivity contribution in [2.75, 3.05) is 6.26 Å². The van der Waals surface area contributed by atoms with Gasteiger partial charge in [-0.3, -0.25) is 10.1 Å². The summed E-state index contributed by atoms with van der Waals surface area (Å²) in [6.07, 6.45) is 2.53. The average molecular weight is 358 g/mol. The summed E-state index contributed by atoms with van der Waals surface area (Å²) in [4.78, 5) is 30.9. The van der Waals surface area contributed by atoms with Crippen LogP contribution in [0.15, 0.2) is 35.0 Å². The number of nitrogens with zero attached hydrogens (tertiary/aromatic N) is 3. The Morgan fingerprint density at radius 1 is 1.36 bits per heavy atom. The number of fused-ring (bicyclic) bond motifs is 1. The van der Waals surface area contributed by atoms with Crippen LogP contribution in [0.3, 0.4) is 0 Å². The van der Waals surface area contributed by atoms with Crippen molar-refractivity contribution in [2.24, 2.45) is 5.73 Å². The van der Waals surface area contributed by atoms with Crippen LogP contribution < -0.4 is 5.73 Å². The van der Waals surface area contributed by atoms with Crippen LogP contribution in [-0.4, -0.2) is 32.2 Å². The fraction of sp³-hybridized carbons (Fsp3) is 0.188. The molecule has 25 heavy (non-hydrogen) atoms. The van der Waals surface area contributed by atoms with Crippen molar-refractivity contribution in [1.29, 1.82) is 0 Å². The summed E-state index contributed by atoms with van der Waals surface area (Å²) in [7, 11) is 0. The van der Waals surface area contributed by atoms with Gasteiger partial charge in [0, 0.05) is 23.3 Å². The van der Waals surface area contributed by atoms with Gasteiger partial charge < -0.3 is 10.8 Å². The van der Waals surface area contributed by atoms with Gasteiger partial charge in [-0.2, -0.15) is 0 Å². The number of carboxylic acids is 1. The number of aliphatic carboxylic acids is 1. The second-order valence-corrected chi connectivity index (χ2v) is 6.16. The number of hydrogen-bond acceptors (Lipinski definition) is 7. The van der Waals surface area contributed by atoms with Crippen molar-refractivity contribution in [3.05, 3.63) is 51.2 Å². The number of aromatic nitrogens is 2. The van der Waals surface area contributed by atoms with E-state index in [0.717, 1.165) is 0 Å². The maximum Gasteiger partial charge on any atom is 0.333 e. The smallest absolute Gasteiger partial charge is 0.333 e. The molecule has 9 heteroatoms. The van der Waals surface area contributed by atoms with Gasteiger partial charge in [-0.1, -0.05) is 23.9 Å². The molecule has 0 fully saturated rings. The number of nitro benzene ring substituents is 1. The quantitative estimate of drug-likeness (QED) is 0.369. The lowest BCUT2D eigenvalue weighted by Crippen LogP contribution is -2.19. The van der Waals surface area contributed by atoms with Crippen molar-refractivity contribution in [3.8, 4) is 11.3 Å². The molecule has 0 spiro atoms. The van der Waals surface area contributed by atoms with Gasteiger partial charge in [0.05, 0.1) is 27.6 Å². The predicted octanol–water partition coefficient (Wildman–Crippen LogP) is 2.47. The molecule has 0 amide bonds. The van der Waals surface area contributed by atoms with Crippen LogP contribution in [0.4, 0.5) is 5.69 Å². The maximum absolute atomic E-state index is 11.4. The van der Waals surface area contributed by atoms with Gasteiger partial charge in [0.15, 0.2) is 5.16 Å². The van der Waals surface area contributed by atoms with Crippen LogP contribution in [-0.2, 0) is 11.2 Å². The summed E-state index contributed by atoms with van der Waals surface area (Å²) in [5.41, 5.74) is 8.26. The number of aryl methyl sites for hydroxylation is 1. The summed E-state index contributed by atoms with van der Waals surface area (Å²) < 4.78 is 0. The van der Waals surface area contributed by atoms with Crippen LogP contribution in [0, 0.1) is 10.1 Å². The minimum absolute atomic E-state index is 0.0765. The number of non-ortho nitro benzene ring substituents is 1. The summed E-state index contributed by atoms with van der Waals surface area (Å²) in [5, 5.41) is 20.9.